The largest absolute Gasteiger partial charge is 0.465 e. The summed E-state index contributed by atoms with van der Waals surface area (Å²) < 4.78 is 12.0. The van der Waals surface area contributed by atoms with Gasteiger partial charge in [0.1, 0.15) is 11.5 Å². The number of ether oxygens (including phenoxy) is 1. The van der Waals surface area contributed by atoms with Crippen LogP contribution < -0.4 is 5.32 Å². The van der Waals surface area contributed by atoms with Gasteiger partial charge in [0.15, 0.2) is 0 Å². The molecule has 1 aromatic carbocycles. The van der Waals surface area contributed by atoms with E-state index >= 15 is 0 Å². The number of hydrogen-bond acceptors (Lipinski definition) is 4. The van der Waals surface area contributed by atoms with E-state index in [0.717, 1.165) is 26.9 Å². The highest BCUT2D eigenvalue weighted by Gasteiger charge is 2.16. The van der Waals surface area contributed by atoms with E-state index in [2.05, 4.69) is 37.2 Å². The molecule has 21 heavy (non-hydrogen) atoms. The number of methoxy groups -OCH3 is 1. The van der Waals surface area contributed by atoms with E-state index in [4.69, 9.17) is 9.15 Å². The van der Waals surface area contributed by atoms with Crippen molar-refractivity contribution >= 4 is 43.5 Å². The molecule has 0 aliphatic rings. The highest BCUT2D eigenvalue weighted by molar-refractivity contribution is 9.11. The first kappa shape index (κ1) is 16.1. The molecule has 0 saturated heterocycles. The molecule has 2 aromatic rings. The summed E-state index contributed by atoms with van der Waals surface area (Å²) >= 11 is 6.83. The van der Waals surface area contributed by atoms with Gasteiger partial charge < -0.3 is 14.5 Å². The fourth-order valence-corrected chi connectivity index (χ4v) is 3.27. The van der Waals surface area contributed by atoms with Gasteiger partial charge in [-0.2, -0.15) is 0 Å². The summed E-state index contributed by atoms with van der Waals surface area (Å²) in [6, 6.07) is 7.47. The molecular weight excluding hydrogens is 402 g/mol. The predicted molar refractivity (Wildman–Crippen MR) is 88.6 cm³/mol. The van der Waals surface area contributed by atoms with Gasteiger partial charge >= 0.3 is 5.97 Å². The van der Waals surface area contributed by atoms with Crippen LogP contribution >= 0.6 is 31.9 Å². The standard InChI is InChI=1S/C15H15Br2NO3/c1-3-10-4-5-11(21-10)8-18-14-12(15(19)20-2)6-9(16)7-13(14)17/h4-7,18H,3,8H2,1-2H3. The highest BCUT2D eigenvalue weighted by atomic mass is 79.9. The maximum Gasteiger partial charge on any atom is 0.340 e. The van der Waals surface area contributed by atoms with Crippen molar-refractivity contribution in [2.45, 2.75) is 19.9 Å². The van der Waals surface area contributed by atoms with Crippen molar-refractivity contribution < 1.29 is 13.9 Å². The number of hydrogen-bond donors (Lipinski definition) is 1. The molecule has 0 bridgehead atoms. The second-order valence-electron chi connectivity index (χ2n) is 4.38. The second-order valence-corrected chi connectivity index (χ2v) is 6.15. The molecule has 1 N–H and O–H groups in total. The van der Waals surface area contributed by atoms with Gasteiger partial charge in [-0.1, -0.05) is 22.9 Å². The molecule has 0 amide bonds. The van der Waals surface area contributed by atoms with Crippen LogP contribution in [0.2, 0.25) is 0 Å². The van der Waals surface area contributed by atoms with Gasteiger partial charge in [-0.3, -0.25) is 0 Å². The lowest BCUT2D eigenvalue weighted by Gasteiger charge is -2.12. The number of benzene rings is 1. The molecule has 0 saturated carbocycles. The number of nitrogens with one attached hydrogen (secondary N) is 1. The van der Waals surface area contributed by atoms with Gasteiger partial charge in [-0.05, 0) is 40.2 Å². The first-order valence-electron chi connectivity index (χ1n) is 6.44. The Kier molecular flexibility index (Phi) is 5.47. The molecule has 0 radical (unpaired) electrons. The van der Waals surface area contributed by atoms with Gasteiger partial charge in [-0.15, -0.1) is 0 Å². The molecule has 2 rings (SSSR count). The van der Waals surface area contributed by atoms with E-state index in [0.29, 0.717) is 17.8 Å². The van der Waals surface area contributed by atoms with Crippen LogP contribution in [0, 0.1) is 0 Å². The van der Waals surface area contributed by atoms with Crippen LogP contribution in [-0.2, 0) is 17.7 Å². The molecule has 4 nitrogen and oxygen atoms in total. The van der Waals surface area contributed by atoms with E-state index in [9.17, 15) is 4.79 Å². The van der Waals surface area contributed by atoms with Crippen molar-refractivity contribution in [3.8, 4) is 0 Å². The van der Waals surface area contributed by atoms with Gasteiger partial charge in [0.2, 0.25) is 0 Å². The third-order valence-electron chi connectivity index (χ3n) is 2.97. The van der Waals surface area contributed by atoms with E-state index in [-0.39, 0.29) is 0 Å². The van der Waals surface area contributed by atoms with Crippen LogP contribution in [0.1, 0.15) is 28.8 Å². The van der Waals surface area contributed by atoms with Crippen LogP contribution in [-0.4, -0.2) is 13.1 Å². The lowest BCUT2D eigenvalue weighted by molar-refractivity contribution is 0.0601. The van der Waals surface area contributed by atoms with Crippen LogP contribution in [0.4, 0.5) is 5.69 Å². The summed E-state index contributed by atoms with van der Waals surface area (Å²) in [6.45, 7) is 2.53. The zero-order chi connectivity index (χ0) is 15.4. The molecular formula is C15H15Br2NO3. The van der Waals surface area contributed by atoms with Crippen molar-refractivity contribution in [2.75, 3.05) is 12.4 Å². The monoisotopic (exact) mass is 415 g/mol. The first-order valence-corrected chi connectivity index (χ1v) is 8.02. The number of carbonyl (C=O) groups excluding carboxylic acids is 1. The van der Waals surface area contributed by atoms with E-state index < -0.39 is 5.97 Å². The summed E-state index contributed by atoms with van der Waals surface area (Å²) in [4.78, 5) is 11.9. The van der Waals surface area contributed by atoms with Crippen LogP contribution in [0.25, 0.3) is 0 Å². The molecule has 0 aliphatic carbocycles. The zero-order valence-electron chi connectivity index (χ0n) is 11.7. The lowest BCUT2D eigenvalue weighted by atomic mass is 10.1. The van der Waals surface area contributed by atoms with Gasteiger partial charge in [0.25, 0.3) is 0 Å². The Bertz CT molecular complexity index is 652. The Labute approximate surface area is 140 Å². The molecule has 6 heteroatoms. The van der Waals surface area contributed by atoms with E-state index in [1.807, 2.05) is 25.1 Å². The minimum Gasteiger partial charge on any atom is -0.465 e. The van der Waals surface area contributed by atoms with Crippen LogP contribution in [0.5, 0.6) is 0 Å². The summed E-state index contributed by atoms with van der Waals surface area (Å²) in [5, 5.41) is 3.22. The number of carbonyl (C=O) groups is 1. The molecule has 0 spiro atoms. The second kappa shape index (κ2) is 7.13. The SMILES string of the molecule is CCc1ccc(CNc2c(Br)cc(Br)cc2C(=O)OC)o1. The number of rotatable bonds is 5. The summed E-state index contributed by atoms with van der Waals surface area (Å²) in [7, 11) is 1.36. The Morgan fingerprint density at radius 1 is 1.29 bits per heavy atom. The average Bonchev–Trinajstić information content (AvgIpc) is 2.92. The highest BCUT2D eigenvalue weighted by Crippen LogP contribution is 2.31. The normalized spacial score (nSPS) is 10.5. The number of esters is 1. The smallest absolute Gasteiger partial charge is 0.340 e. The Morgan fingerprint density at radius 3 is 2.62 bits per heavy atom. The quantitative estimate of drug-likeness (QED) is 0.713. The molecule has 1 aromatic heterocycles. The topological polar surface area (TPSA) is 51.5 Å². The maximum atomic E-state index is 11.9. The zero-order valence-corrected chi connectivity index (χ0v) is 14.9. The van der Waals surface area contributed by atoms with Gasteiger partial charge in [0.05, 0.1) is 24.9 Å². The Hall–Kier alpha value is -1.27. The average molecular weight is 417 g/mol. The number of furan rings is 1. The summed E-state index contributed by atoms with van der Waals surface area (Å²) in [5.74, 6) is 1.36. The third-order valence-corrected chi connectivity index (χ3v) is 4.05. The van der Waals surface area contributed by atoms with Crippen LogP contribution in [0.15, 0.2) is 37.6 Å². The van der Waals surface area contributed by atoms with Crippen LogP contribution in [0.3, 0.4) is 0 Å². The molecule has 0 unspecified atom stereocenters. The summed E-state index contributed by atoms with van der Waals surface area (Å²) in [6.07, 6.45) is 0.857. The fraction of sp³-hybridized carbons (Fsp3) is 0.267. The molecule has 0 atom stereocenters. The molecule has 0 aliphatic heterocycles. The van der Waals surface area contributed by atoms with E-state index in [1.165, 1.54) is 7.11 Å². The number of aryl methyl sites for hydroxylation is 1. The van der Waals surface area contributed by atoms with Crippen molar-refractivity contribution in [1.82, 2.24) is 0 Å². The first-order chi connectivity index (χ1) is 10.0. The number of anilines is 1. The fourth-order valence-electron chi connectivity index (χ4n) is 1.91. The Balaban J connectivity index is 2.24. The maximum absolute atomic E-state index is 11.9. The van der Waals surface area contributed by atoms with Crippen molar-refractivity contribution in [2.24, 2.45) is 0 Å². The van der Waals surface area contributed by atoms with Crippen molar-refractivity contribution in [3.05, 3.63) is 50.3 Å². The predicted octanol–water partition coefficient (Wildman–Crippen LogP) is 4.77. The third kappa shape index (κ3) is 3.89. The Morgan fingerprint density at radius 2 is 2.00 bits per heavy atom. The molecule has 112 valence electrons. The molecule has 0 fully saturated rings. The van der Waals surface area contributed by atoms with Gasteiger partial charge in [0, 0.05) is 15.4 Å². The number of halogens is 2. The van der Waals surface area contributed by atoms with Crippen molar-refractivity contribution in [1.29, 1.82) is 0 Å². The minimum absolute atomic E-state index is 0.395. The van der Waals surface area contributed by atoms with Crippen molar-refractivity contribution in [3.63, 3.8) is 0 Å². The lowest BCUT2D eigenvalue weighted by Crippen LogP contribution is -2.09. The van der Waals surface area contributed by atoms with Gasteiger partial charge in [-0.25, -0.2) is 4.79 Å². The summed E-state index contributed by atoms with van der Waals surface area (Å²) in [5.41, 5.74) is 1.14. The minimum atomic E-state index is -0.395. The van der Waals surface area contributed by atoms with E-state index in [1.54, 1.807) is 6.07 Å². The molecule has 1 heterocycles.